The highest BCUT2D eigenvalue weighted by Crippen LogP contribution is 2.27. The second-order valence-electron chi connectivity index (χ2n) is 7.51. The van der Waals surface area contributed by atoms with E-state index >= 15 is 0 Å². The Morgan fingerprint density at radius 3 is 2.93 bits per heavy atom. The lowest BCUT2D eigenvalue weighted by molar-refractivity contribution is 0.191. The Hall–Kier alpha value is -3.00. The summed E-state index contributed by atoms with van der Waals surface area (Å²) >= 11 is 0. The Bertz CT molecular complexity index is 1030. The van der Waals surface area contributed by atoms with Gasteiger partial charge in [0.25, 0.3) is 0 Å². The highest BCUT2D eigenvalue weighted by Gasteiger charge is 2.26. The van der Waals surface area contributed by atoms with Crippen molar-refractivity contribution in [2.24, 2.45) is 7.05 Å². The fourth-order valence-electron chi connectivity index (χ4n) is 4.11. The zero-order valence-corrected chi connectivity index (χ0v) is 16.0. The van der Waals surface area contributed by atoms with Crippen molar-refractivity contribution >= 4 is 11.0 Å². The minimum Gasteiger partial charge on any atom is -0.341 e. The molecule has 0 spiro atoms. The van der Waals surface area contributed by atoms with Crippen LogP contribution in [0.1, 0.15) is 36.2 Å². The number of rotatable bonds is 5. The number of nitrogens with zero attached hydrogens (tertiary/aromatic N) is 7. The summed E-state index contributed by atoms with van der Waals surface area (Å²) in [6.45, 7) is 3.55. The van der Waals surface area contributed by atoms with Gasteiger partial charge >= 0.3 is 0 Å². The molecule has 4 heterocycles. The van der Waals surface area contributed by atoms with Crippen molar-refractivity contribution in [2.45, 2.75) is 31.8 Å². The second kappa shape index (κ2) is 7.20. The highest BCUT2D eigenvalue weighted by atomic mass is 15.3. The molecule has 1 fully saturated rings. The highest BCUT2D eigenvalue weighted by molar-refractivity contribution is 5.74. The monoisotopic (exact) mass is 376 g/mol. The number of piperidine rings is 1. The van der Waals surface area contributed by atoms with E-state index in [4.69, 9.17) is 4.98 Å². The maximum Gasteiger partial charge on any atom is 0.154 e. The Balaban J connectivity index is 1.29. The molecule has 0 bridgehead atoms. The predicted molar refractivity (Wildman–Crippen MR) is 106 cm³/mol. The number of para-hydroxylation sites is 2. The first-order chi connectivity index (χ1) is 13.8. The van der Waals surface area contributed by atoms with Crippen LogP contribution in [0.25, 0.3) is 11.0 Å². The summed E-state index contributed by atoms with van der Waals surface area (Å²) in [4.78, 5) is 10.6. The van der Waals surface area contributed by atoms with Crippen LogP contribution in [0.15, 0.2) is 42.7 Å². The molecule has 8 nitrogen and oxygen atoms in total. The maximum atomic E-state index is 4.73. The summed E-state index contributed by atoms with van der Waals surface area (Å²) in [6.07, 6.45) is 6.04. The summed E-state index contributed by atoms with van der Waals surface area (Å²) < 4.78 is 4.01. The van der Waals surface area contributed by atoms with Gasteiger partial charge in [-0.2, -0.15) is 5.10 Å². The molecule has 8 heteroatoms. The summed E-state index contributed by atoms with van der Waals surface area (Å²) in [7, 11) is 2.06. The summed E-state index contributed by atoms with van der Waals surface area (Å²) in [5, 5.41) is 13.2. The molecule has 0 unspecified atom stereocenters. The fourth-order valence-corrected chi connectivity index (χ4v) is 4.11. The van der Waals surface area contributed by atoms with Gasteiger partial charge in [-0.05, 0) is 37.6 Å². The lowest BCUT2D eigenvalue weighted by atomic mass is 9.97. The van der Waals surface area contributed by atoms with E-state index < -0.39 is 0 Å². The zero-order chi connectivity index (χ0) is 18.9. The van der Waals surface area contributed by atoms with Crippen molar-refractivity contribution in [3.05, 3.63) is 60.2 Å². The molecular weight excluding hydrogens is 352 g/mol. The molecule has 1 saturated heterocycles. The molecule has 0 radical (unpaired) electrons. The molecule has 1 aliphatic rings. The van der Waals surface area contributed by atoms with Gasteiger partial charge in [0.1, 0.15) is 18.2 Å². The molecular formula is C20H24N8. The maximum absolute atomic E-state index is 4.73. The predicted octanol–water partition coefficient (Wildman–Crippen LogP) is 2.32. The zero-order valence-electron chi connectivity index (χ0n) is 16.0. The van der Waals surface area contributed by atoms with Crippen molar-refractivity contribution in [3.8, 4) is 0 Å². The number of fused-ring (bicyclic) bond motifs is 1. The lowest BCUT2D eigenvalue weighted by Crippen LogP contribution is -2.35. The van der Waals surface area contributed by atoms with Crippen molar-refractivity contribution in [2.75, 3.05) is 13.1 Å². The lowest BCUT2D eigenvalue weighted by Gasteiger charge is -2.31. The molecule has 1 atom stereocenters. The molecule has 144 valence electrons. The minimum absolute atomic E-state index is 0.391. The van der Waals surface area contributed by atoms with Crippen LogP contribution in [0.3, 0.4) is 0 Å². The number of aromatic nitrogens is 7. The number of nitrogens with one attached hydrogen (secondary N) is 1. The quantitative estimate of drug-likeness (QED) is 0.578. The topological polar surface area (TPSA) is 80.4 Å². The summed E-state index contributed by atoms with van der Waals surface area (Å²) in [5.74, 6) is 3.42. The Morgan fingerprint density at radius 1 is 1.14 bits per heavy atom. The summed E-state index contributed by atoms with van der Waals surface area (Å²) in [6, 6.07) is 10.1. The number of aromatic amines is 1. The van der Waals surface area contributed by atoms with Crippen molar-refractivity contribution in [3.63, 3.8) is 0 Å². The molecule has 0 amide bonds. The number of benzene rings is 1. The molecule has 1 aromatic carbocycles. The molecule has 0 saturated carbocycles. The van der Waals surface area contributed by atoms with E-state index in [0.717, 1.165) is 61.0 Å². The Labute approximate surface area is 163 Å². The number of likely N-dealkylation sites (tertiary alicyclic amines) is 1. The minimum atomic E-state index is 0.391. The number of imidazole rings is 1. The molecule has 0 aliphatic carbocycles. The molecule has 1 aliphatic heterocycles. The van der Waals surface area contributed by atoms with Gasteiger partial charge < -0.3 is 9.55 Å². The fraction of sp³-hybridized carbons (Fsp3) is 0.400. The largest absolute Gasteiger partial charge is 0.341 e. The Kier molecular flexibility index (Phi) is 4.40. The van der Waals surface area contributed by atoms with E-state index in [0.29, 0.717) is 12.5 Å². The molecule has 1 N–H and O–H groups in total. The molecule has 3 aromatic heterocycles. The third-order valence-electron chi connectivity index (χ3n) is 5.54. The normalized spacial score (nSPS) is 18.1. The Morgan fingerprint density at radius 2 is 2.07 bits per heavy atom. The van der Waals surface area contributed by atoms with Crippen LogP contribution in [-0.2, 0) is 20.1 Å². The average molecular weight is 376 g/mol. The van der Waals surface area contributed by atoms with E-state index in [1.807, 2.05) is 29.1 Å². The third-order valence-corrected chi connectivity index (χ3v) is 5.54. The van der Waals surface area contributed by atoms with Crippen LogP contribution in [0.2, 0.25) is 0 Å². The van der Waals surface area contributed by atoms with Gasteiger partial charge in [-0.15, -0.1) is 10.2 Å². The van der Waals surface area contributed by atoms with E-state index in [1.54, 1.807) is 6.20 Å². The van der Waals surface area contributed by atoms with E-state index in [2.05, 4.69) is 48.9 Å². The van der Waals surface area contributed by atoms with Crippen molar-refractivity contribution in [1.82, 2.24) is 39.4 Å². The molecule has 4 aromatic rings. The van der Waals surface area contributed by atoms with E-state index in [9.17, 15) is 0 Å². The second-order valence-corrected chi connectivity index (χ2v) is 7.51. The van der Waals surface area contributed by atoms with Crippen LogP contribution in [0.4, 0.5) is 0 Å². The van der Waals surface area contributed by atoms with E-state index in [1.165, 1.54) is 0 Å². The van der Waals surface area contributed by atoms with Gasteiger partial charge in [0.05, 0.1) is 17.6 Å². The number of hydrogen-bond donors (Lipinski definition) is 1. The average Bonchev–Trinajstić information content (AvgIpc) is 3.43. The third kappa shape index (κ3) is 3.31. The SMILES string of the molecule is Cn1c(Cn2cccn2)nnc1[C@@H]1CCCN(Cc2nc3ccccc3[nH]2)C1. The first kappa shape index (κ1) is 17.1. The van der Waals surface area contributed by atoms with Crippen molar-refractivity contribution < 1.29 is 0 Å². The molecule has 5 rings (SSSR count). The van der Waals surface area contributed by atoms with Crippen LogP contribution in [0, 0.1) is 0 Å². The smallest absolute Gasteiger partial charge is 0.154 e. The summed E-state index contributed by atoms with van der Waals surface area (Å²) in [5.41, 5.74) is 2.13. The standard InChI is InChI=1S/C20H24N8/c1-26-19(14-28-11-5-9-21-28)24-25-20(26)15-6-4-10-27(12-15)13-18-22-16-7-2-3-8-17(16)23-18/h2-3,5,7-9,11,15H,4,6,10,12-14H2,1H3,(H,22,23)/t15-/m1/s1. The van der Waals surface area contributed by atoms with Crippen LogP contribution in [-0.4, -0.2) is 52.5 Å². The van der Waals surface area contributed by atoms with Gasteiger partial charge in [0.15, 0.2) is 5.82 Å². The van der Waals surface area contributed by atoms with Gasteiger partial charge in [0.2, 0.25) is 0 Å². The van der Waals surface area contributed by atoms with Gasteiger partial charge in [0, 0.05) is 31.9 Å². The van der Waals surface area contributed by atoms with Crippen LogP contribution >= 0.6 is 0 Å². The van der Waals surface area contributed by atoms with E-state index in [-0.39, 0.29) is 0 Å². The van der Waals surface area contributed by atoms with Gasteiger partial charge in [-0.25, -0.2) is 4.98 Å². The first-order valence-corrected chi connectivity index (χ1v) is 9.78. The molecule has 28 heavy (non-hydrogen) atoms. The van der Waals surface area contributed by atoms with Crippen LogP contribution in [0.5, 0.6) is 0 Å². The number of H-pyrrole nitrogens is 1. The van der Waals surface area contributed by atoms with Gasteiger partial charge in [-0.3, -0.25) is 9.58 Å². The number of hydrogen-bond acceptors (Lipinski definition) is 5. The first-order valence-electron chi connectivity index (χ1n) is 9.78. The van der Waals surface area contributed by atoms with Gasteiger partial charge in [-0.1, -0.05) is 12.1 Å². The van der Waals surface area contributed by atoms with Crippen LogP contribution < -0.4 is 0 Å². The van der Waals surface area contributed by atoms with Crippen molar-refractivity contribution in [1.29, 1.82) is 0 Å².